The van der Waals surface area contributed by atoms with Gasteiger partial charge in [-0.15, -0.1) is 0 Å². The molecule has 0 bridgehead atoms. The summed E-state index contributed by atoms with van der Waals surface area (Å²) in [7, 11) is 3.10. The molecule has 0 fully saturated rings. The second kappa shape index (κ2) is 5.67. The maximum absolute atomic E-state index is 6.07. The third kappa shape index (κ3) is 2.82. The van der Waals surface area contributed by atoms with E-state index in [0.717, 1.165) is 5.69 Å². The SMILES string of the molecule is COc1ccc(Nc2c(N)ccnc2OC)cc1Cl. The van der Waals surface area contributed by atoms with Crippen LogP contribution in [-0.4, -0.2) is 19.2 Å². The zero-order valence-electron chi connectivity index (χ0n) is 10.6. The summed E-state index contributed by atoms with van der Waals surface area (Å²) in [6, 6.07) is 7.03. The van der Waals surface area contributed by atoms with Crippen LogP contribution < -0.4 is 20.5 Å². The number of nitrogen functional groups attached to an aromatic ring is 1. The second-order valence-corrected chi connectivity index (χ2v) is 4.17. The van der Waals surface area contributed by atoms with Crippen molar-refractivity contribution in [3.8, 4) is 11.6 Å². The van der Waals surface area contributed by atoms with Gasteiger partial charge < -0.3 is 20.5 Å². The maximum Gasteiger partial charge on any atom is 0.239 e. The summed E-state index contributed by atoms with van der Waals surface area (Å²) in [5.41, 5.74) is 7.81. The van der Waals surface area contributed by atoms with Crippen LogP contribution in [0.25, 0.3) is 0 Å². The number of ether oxygens (including phenoxy) is 2. The Morgan fingerprint density at radius 1 is 1.21 bits per heavy atom. The van der Waals surface area contributed by atoms with E-state index in [2.05, 4.69) is 10.3 Å². The van der Waals surface area contributed by atoms with Crippen molar-refractivity contribution in [2.75, 3.05) is 25.3 Å². The van der Waals surface area contributed by atoms with Crippen LogP contribution in [-0.2, 0) is 0 Å². The average Bonchev–Trinajstić information content (AvgIpc) is 2.41. The highest BCUT2D eigenvalue weighted by atomic mass is 35.5. The van der Waals surface area contributed by atoms with Gasteiger partial charge in [0.25, 0.3) is 0 Å². The number of hydrogen-bond acceptors (Lipinski definition) is 5. The maximum atomic E-state index is 6.07. The Balaban J connectivity index is 2.33. The quantitative estimate of drug-likeness (QED) is 0.900. The van der Waals surface area contributed by atoms with Crippen LogP contribution in [0.15, 0.2) is 30.5 Å². The molecule has 5 nitrogen and oxygen atoms in total. The molecule has 2 rings (SSSR count). The molecule has 1 aromatic heterocycles. The van der Waals surface area contributed by atoms with Gasteiger partial charge in [0.15, 0.2) is 0 Å². The van der Waals surface area contributed by atoms with Crippen LogP contribution in [0, 0.1) is 0 Å². The second-order valence-electron chi connectivity index (χ2n) is 3.76. The van der Waals surface area contributed by atoms with Gasteiger partial charge in [0, 0.05) is 11.9 Å². The normalized spacial score (nSPS) is 10.1. The van der Waals surface area contributed by atoms with Gasteiger partial charge >= 0.3 is 0 Å². The summed E-state index contributed by atoms with van der Waals surface area (Å²) in [4.78, 5) is 4.09. The third-order valence-corrected chi connectivity index (χ3v) is 2.86. The van der Waals surface area contributed by atoms with Crippen molar-refractivity contribution in [1.29, 1.82) is 0 Å². The number of halogens is 1. The molecule has 0 atom stereocenters. The summed E-state index contributed by atoms with van der Waals surface area (Å²) in [6.07, 6.45) is 1.58. The highest BCUT2D eigenvalue weighted by Gasteiger charge is 2.09. The number of aromatic nitrogens is 1. The number of nitrogens with two attached hydrogens (primary N) is 1. The van der Waals surface area contributed by atoms with Crippen molar-refractivity contribution >= 4 is 28.7 Å². The van der Waals surface area contributed by atoms with Gasteiger partial charge in [-0.05, 0) is 24.3 Å². The fourth-order valence-electron chi connectivity index (χ4n) is 1.63. The standard InChI is InChI=1S/C13H14ClN3O2/c1-18-11-4-3-8(7-9(11)14)17-12-10(15)5-6-16-13(12)19-2/h3-7,17H,1-2H3,(H2,15,16). The van der Waals surface area contributed by atoms with E-state index in [4.69, 9.17) is 26.8 Å². The van der Waals surface area contributed by atoms with E-state index >= 15 is 0 Å². The number of nitrogens with zero attached hydrogens (tertiary/aromatic N) is 1. The lowest BCUT2D eigenvalue weighted by Crippen LogP contribution is -2.01. The van der Waals surface area contributed by atoms with E-state index in [1.54, 1.807) is 31.5 Å². The number of rotatable bonds is 4. The number of benzene rings is 1. The minimum Gasteiger partial charge on any atom is -0.495 e. The fourth-order valence-corrected chi connectivity index (χ4v) is 1.88. The molecule has 1 aromatic carbocycles. The number of pyridine rings is 1. The van der Waals surface area contributed by atoms with Crippen molar-refractivity contribution in [3.63, 3.8) is 0 Å². The smallest absolute Gasteiger partial charge is 0.239 e. The zero-order valence-corrected chi connectivity index (χ0v) is 11.4. The number of hydrogen-bond donors (Lipinski definition) is 2. The molecule has 0 radical (unpaired) electrons. The number of anilines is 3. The number of nitrogens with one attached hydrogen (secondary N) is 1. The molecule has 1 heterocycles. The first-order chi connectivity index (χ1) is 9.15. The van der Waals surface area contributed by atoms with Crippen molar-refractivity contribution in [2.24, 2.45) is 0 Å². The van der Waals surface area contributed by atoms with Crippen LogP contribution in [0.2, 0.25) is 5.02 Å². The molecule has 0 spiro atoms. The first-order valence-corrected chi connectivity index (χ1v) is 5.92. The van der Waals surface area contributed by atoms with E-state index in [1.165, 1.54) is 7.11 Å². The minimum atomic E-state index is 0.423. The van der Waals surface area contributed by atoms with Crippen molar-refractivity contribution < 1.29 is 9.47 Å². The van der Waals surface area contributed by atoms with Gasteiger partial charge in [-0.1, -0.05) is 11.6 Å². The molecule has 100 valence electrons. The molecule has 3 N–H and O–H groups in total. The molecule has 0 aliphatic rings. The Morgan fingerprint density at radius 2 is 2.00 bits per heavy atom. The van der Waals surface area contributed by atoms with E-state index in [0.29, 0.717) is 28.0 Å². The van der Waals surface area contributed by atoms with Gasteiger partial charge in [0.2, 0.25) is 5.88 Å². The van der Waals surface area contributed by atoms with Crippen molar-refractivity contribution in [2.45, 2.75) is 0 Å². The van der Waals surface area contributed by atoms with E-state index < -0.39 is 0 Å². The molecule has 0 saturated heterocycles. The lowest BCUT2D eigenvalue weighted by Gasteiger charge is -2.13. The van der Waals surface area contributed by atoms with E-state index in [1.807, 2.05) is 6.07 Å². The lowest BCUT2D eigenvalue weighted by molar-refractivity contribution is 0.400. The molecule has 0 aliphatic heterocycles. The summed E-state index contributed by atoms with van der Waals surface area (Å²) >= 11 is 6.07. The fraction of sp³-hybridized carbons (Fsp3) is 0.154. The summed E-state index contributed by atoms with van der Waals surface area (Å²) in [5.74, 6) is 1.03. The lowest BCUT2D eigenvalue weighted by atomic mass is 10.2. The van der Waals surface area contributed by atoms with Crippen LogP contribution in [0.4, 0.5) is 17.1 Å². The Hall–Kier alpha value is -2.14. The molecule has 0 unspecified atom stereocenters. The molecule has 6 heteroatoms. The van der Waals surface area contributed by atoms with Crippen LogP contribution in [0.3, 0.4) is 0 Å². The highest BCUT2D eigenvalue weighted by molar-refractivity contribution is 6.32. The Kier molecular flexibility index (Phi) is 3.97. The third-order valence-electron chi connectivity index (χ3n) is 2.56. The first kappa shape index (κ1) is 13.3. The van der Waals surface area contributed by atoms with Gasteiger partial charge in [-0.3, -0.25) is 0 Å². The highest BCUT2D eigenvalue weighted by Crippen LogP contribution is 2.33. The van der Waals surface area contributed by atoms with Gasteiger partial charge in [0.05, 0.1) is 24.9 Å². The average molecular weight is 280 g/mol. The topological polar surface area (TPSA) is 69.4 Å². The zero-order chi connectivity index (χ0) is 13.8. The molecule has 19 heavy (non-hydrogen) atoms. The molecular weight excluding hydrogens is 266 g/mol. The van der Waals surface area contributed by atoms with Gasteiger partial charge in [-0.2, -0.15) is 0 Å². The molecule has 2 aromatic rings. The largest absolute Gasteiger partial charge is 0.495 e. The van der Waals surface area contributed by atoms with Gasteiger partial charge in [0.1, 0.15) is 11.4 Å². The van der Waals surface area contributed by atoms with Crippen molar-refractivity contribution in [3.05, 3.63) is 35.5 Å². The van der Waals surface area contributed by atoms with Crippen molar-refractivity contribution in [1.82, 2.24) is 4.98 Å². The summed E-state index contributed by atoms with van der Waals surface area (Å²) in [6.45, 7) is 0. The summed E-state index contributed by atoms with van der Waals surface area (Å²) in [5, 5.41) is 3.64. The van der Waals surface area contributed by atoms with Crippen LogP contribution in [0.5, 0.6) is 11.6 Å². The molecular formula is C13H14ClN3O2. The predicted molar refractivity (Wildman–Crippen MR) is 76.5 cm³/mol. The Morgan fingerprint density at radius 3 is 2.63 bits per heavy atom. The minimum absolute atomic E-state index is 0.423. The van der Waals surface area contributed by atoms with E-state index in [9.17, 15) is 0 Å². The molecule has 0 amide bonds. The molecule has 0 aliphatic carbocycles. The summed E-state index contributed by atoms with van der Waals surface area (Å²) < 4.78 is 10.3. The monoisotopic (exact) mass is 279 g/mol. The van der Waals surface area contributed by atoms with E-state index in [-0.39, 0.29) is 0 Å². The van der Waals surface area contributed by atoms with Crippen LogP contribution >= 0.6 is 11.6 Å². The predicted octanol–water partition coefficient (Wildman–Crippen LogP) is 3.08. The number of methoxy groups -OCH3 is 2. The first-order valence-electron chi connectivity index (χ1n) is 5.54. The Labute approximate surface area is 116 Å². The molecule has 0 saturated carbocycles. The van der Waals surface area contributed by atoms with Crippen LogP contribution in [0.1, 0.15) is 0 Å². The van der Waals surface area contributed by atoms with Gasteiger partial charge in [-0.25, -0.2) is 4.98 Å². The Bertz CT molecular complexity index is 590.